The third kappa shape index (κ3) is 3.64. The highest BCUT2D eigenvalue weighted by molar-refractivity contribution is 9.10. The number of aliphatic hydroxyl groups is 1. The van der Waals surface area contributed by atoms with Crippen molar-refractivity contribution in [2.24, 2.45) is 5.92 Å². The molecule has 2 N–H and O–H groups in total. The molecule has 0 spiro atoms. The average Bonchev–Trinajstić information content (AvgIpc) is 3.08. The number of hydrogen-bond donors (Lipinski definition) is 2. The molecule has 17 heavy (non-hydrogen) atoms. The lowest BCUT2D eigenvalue weighted by Crippen LogP contribution is -2.25. The number of hydrogen-bond acceptors (Lipinski definition) is 4. The van der Waals surface area contributed by atoms with Gasteiger partial charge >= 0.3 is 0 Å². The summed E-state index contributed by atoms with van der Waals surface area (Å²) in [6.07, 6.45) is 2.02. The summed E-state index contributed by atoms with van der Waals surface area (Å²) >= 11 is 3.39. The van der Waals surface area contributed by atoms with Gasteiger partial charge < -0.3 is 10.4 Å². The molecule has 0 amide bonds. The molecular weight excluding hydrogens is 282 g/mol. The lowest BCUT2D eigenvalue weighted by Gasteiger charge is -2.15. The van der Waals surface area contributed by atoms with E-state index in [2.05, 4.69) is 31.2 Å². The zero-order chi connectivity index (χ0) is 12.4. The molecule has 1 fully saturated rings. The Morgan fingerprint density at radius 2 is 2.18 bits per heavy atom. The van der Waals surface area contributed by atoms with Crippen LogP contribution in [-0.2, 0) is 0 Å². The monoisotopic (exact) mass is 299 g/mol. The Bertz CT molecular complexity index is 393. The lowest BCUT2D eigenvalue weighted by atomic mass is 10.1. The number of halogens is 1. The standard InChI is InChI=1S/C12H18BrN3O/c1-7(2)9(17)6-14-11-5-10(13)15-12(16-11)8-3-4-8/h5,7-9,17H,3-4,6H2,1-2H3,(H,14,15,16). The van der Waals surface area contributed by atoms with Crippen LogP contribution in [0.3, 0.4) is 0 Å². The normalized spacial score (nSPS) is 17.2. The zero-order valence-corrected chi connectivity index (χ0v) is 11.7. The van der Waals surface area contributed by atoms with Gasteiger partial charge in [0.15, 0.2) is 0 Å². The Morgan fingerprint density at radius 3 is 2.76 bits per heavy atom. The van der Waals surface area contributed by atoms with Crippen molar-refractivity contribution in [3.63, 3.8) is 0 Å². The first kappa shape index (κ1) is 12.8. The van der Waals surface area contributed by atoms with Crippen molar-refractivity contribution in [2.45, 2.75) is 38.7 Å². The van der Waals surface area contributed by atoms with Gasteiger partial charge in [-0.25, -0.2) is 9.97 Å². The quantitative estimate of drug-likeness (QED) is 0.821. The minimum Gasteiger partial charge on any atom is -0.391 e. The number of aliphatic hydroxyl groups excluding tert-OH is 1. The molecule has 1 unspecified atom stereocenters. The van der Waals surface area contributed by atoms with Gasteiger partial charge in [-0.05, 0) is 34.7 Å². The average molecular weight is 300 g/mol. The number of nitrogens with zero attached hydrogens (tertiary/aromatic N) is 2. The topological polar surface area (TPSA) is 58.0 Å². The van der Waals surface area contributed by atoms with Gasteiger partial charge in [0.05, 0.1) is 6.10 Å². The molecule has 0 bridgehead atoms. The van der Waals surface area contributed by atoms with Gasteiger partial charge in [-0.3, -0.25) is 0 Å². The van der Waals surface area contributed by atoms with E-state index in [9.17, 15) is 5.11 Å². The second-order valence-electron chi connectivity index (χ2n) is 4.90. The largest absolute Gasteiger partial charge is 0.391 e. The molecule has 4 nitrogen and oxygen atoms in total. The van der Waals surface area contributed by atoms with E-state index in [0.717, 1.165) is 16.2 Å². The molecule has 1 atom stereocenters. The van der Waals surface area contributed by atoms with Crippen molar-refractivity contribution in [3.8, 4) is 0 Å². The first-order chi connectivity index (χ1) is 8.06. The molecule has 1 aliphatic carbocycles. The maximum Gasteiger partial charge on any atom is 0.135 e. The third-order valence-electron chi connectivity index (χ3n) is 2.92. The maximum absolute atomic E-state index is 9.73. The van der Waals surface area contributed by atoms with Crippen molar-refractivity contribution in [1.82, 2.24) is 9.97 Å². The summed E-state index contributed by atoms with van der Waals surface area (Å²) in [4.78, 5) is 8.82. The fourth-order valence-electron chi connectivity index (χ4n) is 1.49. The van der Waals surface area contributed by atoms with Gasteiger partial charge in [0.2, 0.25) is 0 Å². The van der Waals surface area contributed by atoms with Crippen LogP contribution in [0.4, 0.5) is 5.82 Å². The van der Waals surface area contributed by atoms with E-state index in [4.69, 9.17) is 0 Å². The minimum absolute atomic E-state index is 0.246. The predicted molar refractivity (Wildman–Crippen MR) is 71.0 cm³/mol. The summed E-state index contributed by atoms with van der Waals surface area (Å²) in [5.41, 5.74) is 0. The van der Waals surface area contributed by atoms with Crippen LogP contribution in [0.2, 0.25) is 0 Å². The van der Waals surface area contributed by atoms with Crippen molar-refractivity contribution in [2.75, 3.05) is 11.9 Å². The first-order valence-electron chi connectivity index (χ1n) is 6.02. The molecule has 0 aliphatic heterocycles. The van der Waals surface area contributed by atoms with Crippen molar-refractivity contribution >= 4 is 21.7 Å². The number of anilines is 1. The Morgan fingerprint density at radius 1 is 1.47 bits per heavy atom. The van der Waals surface area contributed by atoms with Gasteiger partial charge in [-0.2, -0.15) is 0 Å². The molecule has 1 aromatic heterocycles. The van der Waals surface area contributed by atoms with E-state index in [1.54, 1.807) is 0 Å². The van der Waals surface area contributed by atoms with E-state index in [1.807, 2.05) is 19.9 Å². The molecule has 5 heteroatoms. The van der Waals surface area contributed by atoms with Gasteiger partial charge in [-0.15, -0.1) is 0 Å². The minimum atomic E-state index is -0.354. The summed E-state index contributed by atoms with van der Waals surface area (Å²) in [6, 6.07) is 1.85. The van der Waals surface area contributed by atoms with E-state index < -0.39 is 0 Å². The van der Waals surface area contributed by atoms with Gasteiger partial charge in [0, 0.05) is 18.5 Å². The Kier molecular flexibility index (Phi) is 3.99. The number of nitrogens with one attached hydrogen (secondary N) is 1. The van der Waals surface area contributed by atoms with Crippen molar-refractivity contribution in [3.05, 3.63) is 16.5 Å². The SMILES string of the molecule is CC(C)C(O)CNc1cc(Br)nc(C2CC2)n1. The lowest BCUT2D eigenvalue weighted by molar-refractivity contribution is 0.138. The number of aromatic nitrogens is 2. The molecule has 0 radical (unpaired) electrons. The summed E-state index contributed by atoms with van der Waals surface area (Å²) < 4.78 is 0.802. The van der Waals surface area contributed by atoms with Crippen LogP contribution in [0, 0.1) is 5.92 Å². The molecule has 1 heterocycles. The smallest absolute Gasteiger partial charge is 0.135 e. The Labute approximate surface area is 110 Å². The Hall–Kier alpha value is -0.680. The maximum atomic E-state index is 9.73. The fraction of sp³-hybridized carbons (Fsp3) is 0.667. The highest BCUT2D eigenvalue weighted by Gasteiger charge is 2.27. The van der Waals surface area contributed by atoms with Crippen LogP contribution in [0.25, 0.3) is 0 Å². The molecule has 2 rings (SSSR count). The molecule has 0 aromatic carbocycles. The third-order valence-corrected chi connectivity index (χ3v) is 3.32. The van der Waals surface area contributed by atoms with E-state index in [0.29, 0.717) is 12.5 Å². The summed E-state index contributed by atoms with van der Waals surface area (Å²) in [5.74, 6) is 2.47. The van der Waals surface area contributed by atoms with Crippen LogP contribution >= 0.6 is 15.9 Å². The highest BCUT2D eigenvalue weighted by Crippen LogP contribution is 2.38. The summed E-state index contributed by atoms with van der Waals surface area (Å²) in [7, 11) is 0. The molecule has 1 aliphatic rings. The van der Waals surface area contributed by atoms with Crippen LogP contribution in [0.5, 0.6) is 0 Å². The van der Waals surface area contributed by atoms with E-state index in [-0.39, 0.29) is 12.0 Å². The second kappa shape index (κ2) is 5.31. The molecule has 1 saturated carbocycles. The predicted octanol–water partition coefficient (Wildman–Crippen LogP) is 2.55. The van der Waals surface area contributed by atoms with Gasteiger partial charge in [0.1, 0.15) is 16.2 Å². The molecular formula is C12H18BrN3O. The van der Waals surface area contributed by atoms with Crippen LogP contribution < -0.4 is 5.32 Å². The van der Waals surface area contributed by atoms with Crippen molar-refractivity contribution in [1.29, 1.82) is 0 Å². The highest BCUT2D eigenvalue weighted by atomic mass is 79.9. The Balaban J connectivity index is 2.00. The summed E-state index contributed by atoms with van der Waals surface area (Å²) in [5, 5.41) is 12.9. The fourth-order valence-corrected chi connectivity index (χ4v) is 1.89. The molecule has 1 aromatic rings. The van der Waals surface area contributed by atoms with Crippen LogP contribution in [-0.4, -0.2) is 27.7 Å². The first-order valence-corrected chi connectivity index (χ1v) is 6.82. The number of rotatable bonds is 5. The molecule has 0 saturated heterocycles. The summed E-state index contributed by atoms with van der Waals surface area (Å²) in [6.45, 7) is 4.51. The van der Waals surface area contributed by atoms with Crippen LogP contribution in [0.15, 0.2) is 10.7 Å². The van der Waals surface area contributed by atoms with E-state index >= 15 is 0 Å². The van der Waals surface area contributed by atoms with Gasteiger partial charge in [-0.1, -0.05) is 13.8 Å². The zero-order valence-electron chi connectivity index (χ0n) is 10.2. The van der Waals surface area contributed by atoms with Gasteiger partial charge in [0.25, 0.3) is 0 Å². The molecule has 94 valence electrons. The second-order valence-corrected chi connectivity index (χ2v) is 5.71. The van der Waals surface area contributed by atoms with Crippen LogP contribution in [0.1, 0.15) is 38.4 Å². The van der Waals surface area contributed by atoms with E-state index in [1.165, 1.54) is 12.8 Å². The van der Waals surface area contributed by atoms with Crippen molar-refractivity contribution < 1.29 is 5.11 Å².